The fourth-order valence-corrected chi connectivity index (χ4v) is 5.03. The highest BCUT2D eigenvalue weighted by molar-refractivity contribution is 5.72. The van der Waals surface area contributed by atoms with Crippen LogP contribution >= 0.6 is 0 Å². The molecule has 0 fully saturated rings. The number of carboxylic acid groups (broad SMARTS) is 1. The van der Waals surface area contributed by atoms with Crippen LogP contribution in [0.5, 0.6) is 0 Å². The molecule has 266 valence electrons. The van der Waals surface area contributed by atoms with E-state index in [0.717, 1.165) is 38.5 Å². The Labute approximate surface area is 281 Å². The maximum atomic E-state index is 12.6. The number of esters is 2. The summed E-state index contributed by atoms with van der Waals surface area (Å²) in [5.74, 6) is -1.62. The Hall–Kier alpha value is -2.45. The monoisotopic (exact) mass is 650 g/mol. The van der Waals surface area contributed by atoms with Crippen molar-refractivity contribution in [3.8, 4) is 0 Å². The lowest BCUT2D eigenvalue weighted by molar-refractivity contribution is -0.887. The van der Waals surface area contributed by atoms with E-state index in [2.05, 4.69) is 38.2 Å². The highest BCUT2D eigenvalue weighted by atomic mass is 16.6. The van der Waals surface area contributed by atoms with Crippen molar-refractivity contribution < 1.29 is 38.2 Å². The first-order valence-corrected chi connectivity index (χ1v) is 18.0. The van der Waals surface area contributed by atoms with E-state index in [1.54, 1.807) is 6.08 Å². The Morgan fingerprint density at radius 3 is 1.72 bits per heavy atom. The average molecular weight is 651 g/mol. The van der Waals surface area contributed by atoms with Crippen LogP contribution in [0.1, 0.15) is 136 Å². The number of hydrogen-bond acceptors (Lipinski definition) is 6. The number of carbonyl (C=O) groups excluding carboxylic acids is 2. The average Bonchev–Trinajstić information content (AvgIpc) is 3.00. The number of hydrogen-bond donors (Lipinski definition) is 1. The van der Waals surface area contributed by atoms with Crippen molar-refractivity contribution >= 4 is 17.9 Å². The van der Waals surface area contributed by atoms with E-state index >= 15 is 0 Å². The number of ether oxygens (including phenoxy) is 3. The van der Waals surface area contributed by atoms with Gasteiger partial charge in [0.1, 0.15) is 6.61 Å². The number of allylic oxidation sites excluding steroid dienone is 5. The molecule has 0 bridgehead atoms. The summed E-state index contributed by atoms with van der Waals surface area (Å²) in [6.07, 6.45) is 30.8. The molecule has 0 aromatic heterocycles. The van der Waals surface area contributed by atoms with Gasteiger partial charge in [-0.1, -0.05) is 127 Å². The molecule has 1 N–H and O–H groups in total. The summed E-state index contributed by atoms with van der Waals surface area (Å²) >= 11 is 0. The molecule has 0 aliphatic carbocycles. The zero-order valence-corrected chi connectivity index (χ0v) is 30.0. The third-order valence-electron chi connectivity index (χ3n) is 7.84. The van der Waals surface area contributed by atoms with Crippen molar-refractivity contribution in [3.63, 3.8) is 0 Å². The number of carbonyl (C=O) groups is 3. The molecule has 8 nitrogen and oxygen atoms in total. The molecule has 0 aliphatic rings. The first kappa shape index (κ1) is 43.5. The molecule has 0 amide bonds. The predicted octanol–water partition coefficient (Wildman–Crippen LogP) is 8.74. The number of carboxylic acids is 1. The van der Waals surface area contributed by atoms with Gasteiger partial charge in [-0.2, -0.15) is 0 Å². The number of unbranched alkanes of at least 4 members (excludes halogenated alkanes) is 12. The van der Waals surface area contributed by atoms with Gasteiger partial charge in [-0.3, -0.25) is 9.59 Å². The maximum absolute atomic E-state index is 12.6. The molecule has 0 aromatic rings. The lowest BCUT2D eigenvalue weighted by Gasteiger charge is -2.31. The molecule has 0 radical (unpaired) electrons. The molecule has 0 aromatic carbocycles. The number of likely N-dealkylation sites (N-methyl/N-ethyl adjacent to an activating group) is 1. The fourth-order valence-electron chi connectivity index (χ4n) is 5.03. The number of rotatable bonds is 31. The summed E-state index contributed by atoms with van der Waals surface area (Å²) < 4.78 is 17.0. The number of aliphatic carboxylic acids is 1. The van der Waals surface area contributed by atoms with Crippen LogP contribution < -0.4 is 0 Å². The first-order valence-electron chi connectivity index (χ1n) is 18.0. The molecular formula is C38H68NO7+. The topological polar surface area (TPSA) is 99.1 Å². The van der Waals surface area contributed by atoms with Crippen LogP contribution in [0, 0.1) is 0 Å². The van der Waals surface area contributed by atoms with Crippen LogP contribution in [0.4, 0.5) is 0 Å². The largest absolute Gasteiger partial charge is 0.477 e. The van der Waals surface area contributed by atoms with Crippen LogP contribution in [-0.4, -0.2) is 80.6 Å². The second-order valence-corrected chi connectivity index (χ2v) is 13.1. The molecular weight excluding hydrogens is 582 g/mol. The van der Waals surface area contributed by atoms with Crippen LogP contribution in [0.25, 0.3) is 0 Å². The van der Waals surface area contributed by atoms with Gasteiger partial charge >= 0.3 is 17.9 Å². The van der Waals surface area contributed by atoms with Crippen molar-refractivity contribution in [1.29, 1.82) is 0 Å². The van der Waals surface area contributed by atoms with E-state index in [0.29, 0.717) is 12.8 Å². The number of nitrogens with zero attached hydrogens (tertiary/aromatic N) is 1. The van der Waals surface area contributed by atoms with Gasteiger partial charge in [-0.25, -0.2) is 4.79 Å². The Kier molecular flexibility index (Phi) is 28.3. The number of quaternary nitrogens is 1. The standard InChI is InChI=1S/C38H67NO7/c1-6-8-10-12-14-16-17-18-19-21-23-25-27-29-37(41)46-34(32-44-31-30-35(38(42)43)39(3,4)5)33-45-36(40)28-26-24-22-20-15-13-11-9-7-2/h9,11,15,20,24,26,34-35H,6-8,10,12-14,16-19,21-23,25,27-33H2,1-5H3/p+1/b11-9+,20-15+,26-24+. The summed E-state index contributed by atoms with van der Waals surface area (Å²) in [6, 6.07) is -0.621. The fraction of sp³-hybridized carbons (Fsp3) is 0.763. The molecule has 0 saturated heterocycles. The van der Waals surface area contributed by atoms with Gasteiger partial charge in [0.05, 0.1) is 40.8 Å². The summed E-state index contributed by atoms with van der Waals surface area (Å²) in [7, 11) is 5.49. The molecule has 0 rings (SSSR count). The molecule has 0 saturated carbocycles. The normalized spacial score (nSPS) is 13.5. The van der Waals surface area contributed by atoms with Gasteiger partial charge in [0, 0.05) is 12.8 Å². The zero-order chi connectivity index (χ0) is 34.3. The Bertz CT molecular complexity index is 860. The van der Waals surface area contributed by atoms with Gasteiger partial charge in [0.2, 0.25) is 0 Å². The molecule has 0 heterocycles. The van der Waals surface area contributed by atoms with E-state index in [9.17, 15) is 19.5 Å². The third-order valence-corrected chi connectivity index (χ3v) is 7.84. The molecule has 0 aliphatic heterocycles. The Morgan fingerprint density at radius 2 is 1.20 bits per heavy atom. The van der Waals surface area contributed by atoms with E-state index in [-0.39, 0.29) is 36.7 Å². The van der Waals surface area contributed by atoms with Crippen molar-refractivity contribution in [2.24, 2.45) is 0 Å². The van der Waals surface area contributed by atoms with Crippen LogP contribution in [-0.2, 0) is 28.6 Å². The molecule has 2 atom stereocenters. The summed E-state index contributed by atoms with van der Waals surface area (Å²) in [6.45, 7) is 4.48. The zero-order valence-electron chi connectivity index (χ0n) is 30.0. The summed E-state index contributed by atoms with van der Waals surface area (Å²) in [5.41, 5.74) is 0. The smallest absolute Gasteiger partial charge is 0.362 e. The van der Waals surface area contributed by atoms with E-state index in [4.69, 9.17) is 14.2 Å². The van der Waals surface area contributed by atoms with Gasteiger partial charge in [0.15, 0.2) is 12.1 Å². The molecule has 8 heteroatoms. The SMILES string of the molecule is CC/C=C/C/C=C/C/C=C/CC(=O)OCC(COCCC(C(=O)O)[N+](C)(C)C)OC(=O)CCCCCCCCCCCCCCC. The second-order valence-electron chi connectivity index (χ2n) is 13.1. The highest BCUT2D eigenvalue weighted by Gasteiger charge is 2.31. The summed E-state index contributed by atoms with van der Waals surface area (Å²) in [4.78, 5) is 36.6. The van der Waals surface area contributed by atoms with Gasteiger partial charge < -0.3 is 23.8 Å². The first-order chi connectivity index (χ1) is 22.1. The van der Waals surface area contributed by atoms with Crippen molar-refractivity contribution in [1.82, 2.24) is 0 Å². The van der Waals surface area contributed by atoms with Crippen LogP contribution in [0.15, 0.2) is 36.5 Å². The second kappa shape index (κ2) is 29.9. The van der Waals surface area contributed by atoms with Crippen molar-refractivity contribution in [2.45, 2.75) is 148 Å². The van der Waals surface area contributed by atoms with Gasteiger partial charge in [-0.05, 0) is 25.7 Å². The van der Waals surface area contributed by atoms with Gasteiger partial charge in [0.25, 0.3) is 0 Å². The van der Waals surface area contributed by atoms with Crippen molar-refractivity contribution in [2.75, 3.05) is 41.0 Å². The van der Waals surface area contributed by atoms with Gasteiger partial charge in [-0.15, -0.1) is 0 Å². The minimum Gasteiger partial charge on any atom is -0.477 e. The van der Waals surface area contributed by atoms with E-state index < -0.39 is 24.1 Å². The van der Waals surface area contributed by atoms with Crippen molar-refractivity contribution in [3.05, 3.63) is 36.5 Å². The minimum absolute atomic E-state index is 0.0359. The summed E-state index contributed by atoms with van der Waals surface area (Å²) in [5, 5.41) is 9.55. The molecule has 2 unspecified atom stereocenters. The lowest BCUT2D eigenvalue weighted by atomic mass is 10.0. The quantitative estimate of drug-likeness (QED) is 0.0347. The Balaban J connectivity index is 4.52. The van der Waals surface area contributed by atoms with Crippen LogP contribution in [0.3, 0.4) is 0 Å². The Morgan fingerprint density at radius 1 is 0.674 bits per heavy atom. The molecule has 46 heavy (non-hydrogen) atoms. The van der Waals surface area contributed by atoms with Crippen LogP contribution in [0.2, 0.25) is 0 Å². The predicted molar refractivity (Wildman–Crippen MR) is 188 cm³/mol. The maximum Gasteiger partial charge on any atom is 0.362 e. The molecule has 0 spiro atoms. The minimum atomic E-state index is -0.886. The van der Waals surface area contributed by atoms with E-state index in [1.165, 1.54) is 64.2 Å². The highest BCUT2D eigenvalue weighted by Crippen LogP contribution is 2.14. The third kappa shape index (κ3) is 27.8. The lowest BCUT2D eigenvalue weighted by Crippen LogP contribution is -2.50. The van der Waals surface area contributed by atoms with E-state index in [1.807, 2.05) is 27.2 Å².